The Balaban J connectivity index is 0.00000200. The lowest BCUT2D eigenvalue weighted by atomic mass is 10.2. The van der Waals surface area contributed by atoms with Crippen LogP contribution >= 0.6 is 12.4 Å². The summed E-state index contributed by atoms with van der Waals surface area (Å²) >= 11 is 0. The summed E-state index contributed by atoms with van der Waals surface area (Å²) in [6, 6.07) is 7.72. The fraction of sp³-hybridized carbons (Fsp3) is 0.429. The molecule has 1 fully saturated rings. The van der Waals surface area contributed by atoms with Gasteiger partial charge in [0.1, 0.15) is 0 Å². The van der Waals surface area contributed by atoms with Crippen LogP contribution in [-0.4, -0.2) is 24.9 Å². The van der Waals surface area contributed by atoms with Crippen molar-refractivity contribution in [3.05, 3.63) is 29.8 Å². The molecule has 110 valence electrons. The fourth-order valence-electron chi connectivity index (χ4n) is 2.14. The van der Waals surface area contributed by atoms with Crippen molar-refractivity contribution in [2.24, 2.45) is 5.73 Å². The lowest BCUT2D eigenvalue weighted by Gasteiger charge is -2.16. The Labute approximate surface area is 124 Å². The third-order valence-electron chi connectivity index (χ3n) is 3.18. The molecule has 1 aromatic carbocycles. The second kappa shape index (κ2) is 7.87. The van der Waals surface area contributed by atoms with Gasteiger partial charge >= 0.3 is 0 Å². The zero-order chi connectivity index (χ0) is 13.7. The normalized spacial score (nSPS) is 14.1. The average molecular weight is 298 g/mol. The molecule has 0 atom stereocenters. The minimum atomic E-state index is -0.0405. The maximum Gasteiger partial charge on any atom is 0.227 e. The largest absolute Gasteiger partial charge is 0.352 e. The van der Waals surface area contributed by atoms with E-state index < -0.39 is 0 Å². The van der Waals surface area contributed by atoms with E-state index in [2.05, 4.69) is 5.32 Å². The van der Waals surface area contributed by atoms with Gasteiger partial charge in [0.15, 0.2) is 0 Å². The highest BCUT2D eigenvalue weighted by atomic mass is 35.5. The number of rotatable bonds is 5. The highest BCUT2D eigenvalue weighted by Gasteiger charge is 2.21. The molecular weight excluding hydrogens is 278 g/mol. The van der Waals surface area contributed by atoms with Crippen molar-refractivity contribution in [3.8, 4) is 0 Å². The second-order valence-corrected chi connectivity index (χ2v) is 4.63. The van der Waals surface area contributed by atoms with Crippen molar-refractivity contribution in [2.45, 2.75) is 25.8 Å². The van der Waals surface area contributed by atoms with Crippen LogP contribution < -0.4 is 16.0 Å². The molecule has 2 amide bonds. The smallest absolute Gasteiger partial charge is 0.227 e. The Morgan fingerprint density at radius 3 is 2.55 bits per heavy atom. The number of nitrogens with one attached hydrogen (secondary N) is 1. The summed E-state index contributed by atoms with van der Waals surface area (Å²) in [6.45, 7) is 1.65. The monoisotopic (exact) mass is 297 g/mol. The van der Waals surface area contributed by atoms with Gasteiger partial charge in [-0.3, -0.25) is 9.59 Å². The van der Waals surface area contributed by atoms with Crippen molar-refractivity contribution >= 4 is 29.9 Å². The molecule has 1 heterocycles. The van der Waals surface area contributed by atoms with E-state index in [4.69, 9.17) is 5.73 Å². The summed E-state index contributed by atoms with van der Waals surface area (Å²) < 4.78 is 0. The Bertz CT molecular complexity index is 462. The van der Waals surface area contributed by atoms with Crippen LogP contribution in [0.25, 0.3) is 0 Å². The number of nitrogens with two attached hydrogens (primary N) is 1. The number of hydrogen-bond donors (Lipinski definition) is 2. The molecule has 6 heteroatoms. The van der Waals surface area contributed by atoms with Gasteiger partial charge in [-0.25, -0.2) is 0 Å². The lowest BCUT2D eigenvalue weighted by molar-refractivity contribution is -0.121. The molecule has 20 heavy (non-hydrogen) atoms. The summed E-state index contributed by atoms with van der Waals surface area (Å²) in [5.41, 5.74) is 7.25. The van der Waals surface area contributed by atoms with Crippen molar-refractivity contribution in [3.63, 3.8) is 0 Å². The Morgan fingerprint density at radius 2 is 2.00 bits per heavy atom. The van der Waals surface area contributed by atoms with E-state index in [9.17, 15) is 9.59 Å². The summed E-state index contributed by atoms with van der Waals surface area (Å²) in [5.74, 6) is 0.144. The standard InChI is InChI=1S/C14H19N3O2.ClH/c15-8-7-13(18)16-10-11-3-5-12(6-4-11)17-9-1-2-14(17)19;/h3-6H,1-2,7-10,15H2,(H,16,18);1H. The van der Waals surface area contributed by atoms with Crippen molar-refractivity contribution < 1.29 is 9.59 Å². The summed E-state index contributed by atoms with van der Waals surface area (Å²) in [4.78, 5) is 24.7. The SMILES string of the molecule is Cl.NCCC(=O)NCc1ccc(N2CCCC2=O)cc1. The van der Waals surface area contributed by atoms with E-state index in [0.29, 0.717) is 25.9 Å². The molecule has 2 rings (SSSR count). The summed E-state index contributed by atoms with van der Waals surface area (Å²) in [6.07, 6.45) is 1.91. The van der Waals surface area contributed by atoms with Gasteiger partial charge in [-0.15, -0.1) is 12.4 Å². The number of nitrogens with zero attached hydrogens (tertiary/aromatic N) is 1. The number of hydrogen-bond acceptors (Lipinski definition) is 3. The quantitative estimate of drug-likeness (QED) is 0.857. The first-order valence-electron chi connectivity index (χ1n) is 6.57. The minimum absolute atomic E-state index is 0. The third kappa shape index (κ3) is 4.21. The van der Waals surface area contributed by atoms with E-state index in [0.717, 1.165) is 24.2 Å². The molecule has 0 aromatic heterocycles. The maximum absolute atomic E-state index is 11.6. The van der Waals surface area contributed by atoms with Gasteiger partial charge in [0.05, 0.1) is 0 Å². The zero-order valence-corrected chi connectivity index (χ0v) is 12.1. The molecule has 0 spiro atoms. The molecular formula is C14H20ClN3O2. The first-order chi connectivity index (χ1) is 9.20. The average Bonchev–Trinajstić information content (AvgIpc) is 2.84. The van der Waals surface area contributed by atoms with E-state index >= 15 is 0 Å². The Morgan fingerprint density at radius 1 is 1.30 bits per heavy atom. The number of amides is 2. The highest BCUT2D eigenvalue weighted by Crippen LogP contribution is 2.21. The van der Waals surface area contributed by atoms with Crippen molar-refractivity contribution in [2.75, 3.05) is 18.0 Å². The number of carbonyl (C=O) groups is 2. The van der Waals surface area contributed by atoms with E-state index in [-0.39, 0.29) is 24.2 Å². The van der Waals surface area contributed by atoms with E-state index in [1.807, 2.05) is 24.3 Å². The van der Waals surface area contributed by atoms with Gasteiger partial charge in [0, 0.05) is 38.2 Å². The highest BCUT2D eigenvalue weighted by molar-refractivity contribution is 5.95. The summed E-state index contributed by atoms with van der Waals surface area (Å²) in [5, 5.41) is 2.80. The van der Waals surface area contributed by atoms with Crippen molar-refractivity contribution in [1.29, 1.82) is 0 Å². The molecule has 1 aliphatic heterocycles. The van der Waals surface area contributed by atoms with E-state index in [1.165, 1.54) is 0 Å². The van der Waals surface area contributed by atoms with Crippen LogP contribution in [0.2, 0.25) is 0 Å². The van der Waals surface area contributed by atoms with Gasteiger partial charge in [-0.05, 0) is 24.1 Å². The Kier molecular flexibility index (Phi) is 6.48. The zero-order valence-electron chi connectivity index (χ0n) is 11.3. The molecule has 1 saturated heterocycles. The van der Waals surface area contributed by atoms with Crippen LogP contribution in [0, 0.1) is 0 Å². The first kappa shape index (κ1) is 16.5. The van der Waals surface area contributed by atoms with Gasteiger partial charge in [0.2, 0.25) is 11.8 Å². The molecule has 5 nitrogen and oxygen atoms in total. The van der Waals surface area contributed by atoms with Crippen LogP contribution in [0.5, 0.6) is 0 Å². The number of anilines is 1. The van der Waals surface area contributed by atoms with Crippen LogP contribution in [-0.2, 0) is 16.1 Å². The fourth-order valence-corrected chi connectivity index (χ4v) is 2.14. The van der Waals surface area contributed by atoms with Gasteiger partial charge in [-0.2, -0.15) is 0 Å². The lowest BCUT2D eigenvalue weighted by Crippen LogP contribution is -2.25. The molecule has 1 aliphatic rings. The molecule has 0 bridgehead atoms. The van der Waals surface area contributed by atoms with Gasteiger partial charge in [-0.1, -0.05) is 12.1 Å². The predicted octanol–water partition coefficient (Wildman–Crippen LogP) is 1.20. The van der Waals surface area contributed by atoms with Crippen molar-refractivity contribution in [1.82, 2.24) is 5.32 Å². The van der Waals surface area contributed by atoms with E-state index in [1.54, 1.807) is 4.90 Å². The second-order valence-electron chi connectivity index (χ2n) is 4.63. The van der Waals surface area contributed by atoms with Gasteiger partial charge in [0.25, 0.3) is 0 Å². The molecule has 0 saturated carbocycles. The predicted molar refractivity (Wildman–Crippen MR) is 80.8 cm³/mol. The molecule has 1 aromatic rings. The molecule has 0 aliphatic carbocycles. The van der Waals surface area contributed by atoms with Crippen LogP contribution in [0.3, 0.4) is 0 Å². The van der Waals surface area contributed by atoms with Crippen LogP contribution in [0.15, 0.2) is 24.3 Å². The third-order valence-corrected chi connectivity index (χ3v) is 3.18. The molecule has 3 N–H and O–H groups in total. The Hall–Kier alpha value is -1.59. The number of benzene rings is 1. The number of halogens is 1. The maximum atomic E-state index is 11.6. The van der Waals surface area contributed by atoms with Crippen LogP contribution in [0.4, 0.5) is 5.69 Å². The number of carbonyl (C=O) groups excluding carboxylic acids is 2. The topological polar surface area (TPSA) is 75.4 Å². The first-order valence-corrected chi connectivity index (χ1v) is 6.57. The summed E-state index contributed by atoms with van der Waals surface area (Å²) in [7, 11) is 0. The molecule has 0 unspecified atom stereocenters. The van der Waals surface area contributed by atoms with Crippen LogP contribution in [0.1, 0.15) is 24.8 Å². The minimum Gasteiger partial charge on any atom is -0.352 e. The van der Waals surface area contributed by atoms with Gasteiger partial charge < -0.3 is 16.0 Å². The molecule has 0 radical (unpaired) electrons.